The van der Waals surface area contributed by atoms with Crippen molar-refractivity contribution in [2.24, 2.45) is 0 Å². The zero-order chi connectivity index (χ0) is 14.9. The van der Waals surface area contributed by atoms with Gasteiger partial charge in [0.15, 0.2) is 17.0 Å². The van der Waals surface area contributed by atoms with Crippen LogP contribution in [0.1, 0.15) is 0 Å². The number of nitrogens with zero attached hydrogens (tertiary/aromatic N) is 5. The van der Waals surface area contributed by atoms with Gasteiger partial charge in [0.1, 0.15) is 12.7 Å². The normalized spacial score (nSPS) is 15.4. The average molecular weight is 316 g/mol. The first-order valence-electron chi connectivity index (χ1n) is 7.09. The Hall–Kier alpha value is -2.18. The van der Waals surface area contributed by atoms with Crippen molar-refractivity contribution in [3.63, 3.8) is 0 Å². The van der Waals surface area contributed by atoms with Gasteiger partial charge in [0, 0.05) is 23.8 Å². The highest BCUT2D eigenvalue weighted by Gasteiger charge is 2.18. The number of anilines is 1. The van der Waals surface area contributed by atoms with Gasteiger partial charge in [-0.25, -0.2) is 15.0 Å². The molecule has 1 aromatic carbocycles. The van der Waals surface area contributed by atoms with Crippen molar-refractivity contribution in [3.05, 3.63) is 41.9 Å². The number of imidazole rings is 1. The molecule has 0 atom stereocenters. The summed E-state index contributed by atoms with van der Waals surface area (Å²) in [6.07, 6.45) is 3.35. The molecule has 7 heteroatoms. The predicted octanol–water partition coefficient (Wildman–Crippen LogP) is 2.31. The summed E-state index contributed by atoms with van der Waals surface area (Å²) in [7, 11) is 0. The van der Waals surface area contributed by atoms with E-state index in [1.54, 1.807) is 12.7 Å². The fraction of sp³-hybridized carbons (Fsp3) is 0.267. The van der Waals surface area contributed by atoms with Crippen molar-refractivity contribution in [1.82, 2.24) is 19.5 Å². The summed E-state index contributed by atoms with van der Waals surface area (Å²) in [6.45, 7) is 3.06. The van der Waals surface area contributed by atoms with Gasteiger partial charge in [-0.2, -0.15) is 0 Å². The third-order valence-electron chi connectivity index (χ3n) is 3.73. The molecule has 0 N–H and O–H groups in total. The van der Waals surface area contributed by atoms with E-state index in [-0.39, 0.29) is 0 Å². The summed E-state index contributed by atoms with van der Waals surface area (Å²) in [4.78, 5) is 15.5. The van der Waals surface area contributed by atoms with Gasteiger partial charge in [-0.05, 0) is 24.3 Å². The van der Waals surface area contributed by atoms with E-state index in [1.807, 2.05) is 28.8 Å². The van der Waals surface area contributed by atoms with E-state index in [4.69, 9.17) is 16.3 Å². The Balaban J connectivity index is 1.80. The lowest BCUT2D eigenvalue weighted by Gasteiger charge is -2.27. The first-order valence-corrected chi connectivity index (χ1v) is 7.47. The number of hydrogen-bond donors (Lipinski definition) is 0. The van der Waals surface area contributed by atoms with Gasteiger partial charge in [-0.1, -0.05) is 11.6 Å². The summed E-state index contributed by atoms with van der Waals surface area (Å²) in [5.74, 6) is 0.862. The van der Waals surface area contributed by atoms with Crippen molar-refractivity contribution in [2.45, 2.75) is 0 Å². The average Bonchev–Trinajstić information content (AvgIpc) is 3.00. The summed E-state index contributed by atoms with van der Waals surface area (Å²) < 4.78 is 7.34. The highest BCUT2D eigenvalue weighted by atomic mass is 35.5. The first-order chi connectivity index (χ1) is 10.8. The molecule has 112 valence electrons. The van der Waals surface area contributed by atoms with Gasteiger partial charge in [-0.3, -0.25) is 4.57 Å². The largest absolute Gasteiger partial charge is 0.378 e. The van der Waals surface area contributed by atoms with E-state index in [9.17, 15) is 0 Å². The minimum absolute atomic E-state index is 0.705. The standard InChI is InChI=1S/C15H14ClN5O/c16-11-1-3-12(4-2-11)21-10-19-13-14(17-9-18-15(13)21)20-5-7-22-8-6-20/h1-4,9-10H,5-8H2. The third kappa shape index (κ3) is 2.30. The molecular weight excluding hydrogens is 302 g/mol. The van der Waals surface area contributed by atoms with Crippen LogP contribution in [0.4, 0.5) is 5.82 Å². The van der Waals surface area contributed by atoms with Crippen LogP contribution in [0.2, 0.25) is 5.02 Å². The van der Waals surface area contributed by atoms with Crippen molar-refractivity contribution in [2.75, 3.05) is 31.2 Å². The molecule has 1 saturated heterocycles. The highest BCUT2D eigenvalue weighted by Crippen LogP contribution is 2.24. The second kappa shape index (κ2) is 5.55. The molecule has 0 saturated carbocycles. The fourth-order valence-corrected chi connectivity index (χ4v) is 2.75. The quantitative estimate of drug-likeness (QED) is 0.726. The van der Waals surface area contributed by atoms with Gasteiger partial charge in [0.2, 0.25) is 0 Å². The molecule has 0 bridgehead atoms. The highest BCUT2D eigenvalue weighted by molar-refractivity contribution is 6.30. The van der Waals surface area contributed by atoms with Crippen molar-refractivity contribution >= 4 is 28.6 Å². The maximum atomic E-state index is 5.95. The van der Waals surface area contributed by atoms with E-state index in [1.165, 1.54) is 0 Å². The lowest BCUT2D eigenvalue weighted by molar-refractivity contribution is 0.122. The maximum Gasteiger partial charge on any atom is 0.170 e. The fourth-order valence-electron chi connectivity index (χ4n) is 2.62. The second-order valence-electron chi connectivity index (χ2n) is 5.06. The number of rotatable bonds is 2. The molecule has 0 radical (unpaired) electrons. The minimum atomic E-state index is 0.705. The van der Waals surface area contributed by atoms with Crippen LogP contribution < -0.4 is 4.90 Å². The summed E-state index contributed by atoms with van der Waals surface area (Å²) in [6, 6.07) is 7.60. The van der Waals surface area contributed by atoms with Gasteiger partial charge in [-0.15, -0.1) is 0 Å². The van der Waals surface area contributed by atoms with E-state index < -0.39 is 0 Å². The zero-order valence-corrected chi connectivity index (χ0v) is 12.6. The van der Waals surface area contributed by atoms with Crippen LogP contribution in [0.15, 0.2) is 36.9 Å². The van der Waals surface area contributed by atoms with Crippen molar-refractivity contribution in [3.8, 4) is 5.69 Å². The predicted molar refractivity (Wildman–Crippen MR) is 84.7 cm³/mol. The molecule has 6 nitrogen and oxygen atoms in total. The summed E-state index contributed by atoms with van der Waals surface area (Å²) in [5, 5.41) is 0.705. The number of ether oxygens (including phenoxy) is 1. The Labute approximate surface area is 132 Å². The topological polar surface area (TPSA) is 56.1 Å². The molecule has 1 aliphatic rings. The summed E-state index contributed by atoms with van der Waals surface area (Å²) in [5.41, 5.74) is 2.57. The molecular formula is C15H14ClN5O. The Bertz CT molecular complexity index is 795. The first kappa shape index (κ1) is 13.5. The van der Waals surface area contributed by atoms with E-state index in [0.29, 0.717) is 18.2 Å². The van der Waals surface area contributed by atoms with Crippen LogP contribution in [0, 0.1) is 0 Å². The molecule has 1 fully saturated rings. The van der Waals surface area contributed by atoms with Crippen LogP contribution in [0.3, 0.4) is 0 Å². The molecule has 1 aliphatic heterocycles. The van der Waals surface area contributed by atoms with E-state index >= 15 is 0 Å². The number of aromatic nitrogens is 4. The molecule has 0 unspecified atom stereocenters. The molecule has 22 heavy (non-hydrogen) atoms. The van der Waals surface area contributed by atoms with E-state index in [0.717, 1.165) is 35.8 Å². The molecule has 0 amide bonds. The van der Waals surface area contributed by atoms with Crippen molar-refractivity contribution < 1.29 is 4.74 Å². The van der Waals surface area contributed by atoms with Gasteiger partial charge < -0.3 is 9.64 Å². The summed E-state index contributed by atoms with van der Waals surface area (Å²) >= 11 is 5.95. The number of hydrogen-bond acceptors (Lipinski definition) is 5. The Morgan fingerprint density at radius 3 is 2.55 bits per heavy atom. The molecule has 0 aliphatic carbocycles. The van der Waals surface area contributed by atoms with Crippen LogP contribution in [0.5, 0.6) is 0 Å². The maximum absolute atomic E-state index is 5.95. The number of fused-ring (bicyclic) bond motifs is 1. The Morgan fingerprint density at radius 1 is 1.00 bits per heavy atom. The van der Waals surface area contributed by atoms with Crippen LogP contribution in [-0.2, 0) is 4.74 Å². The third-order valence-corrected chi connectivity index (χ3v) is 3.98. The molecule has 0 spiro atoms. The monoisotopic (exact) mass is 315 g/mol. The van der Waals surface area contributed by atoms with Crippen molar-refractivity contribution in [1.29, 1.82) is 0 Å². The van der Waals surface area contributed by atoms with E-state index in [2.05, 4.69) is 19.9 Å². The lowest BCUT2D eigenvalue weighted by Crippen LogP contribution is -2.36. The second-order valence-corrected chi connectivity index (χ2v) is 5.50. The Kier molecular flexibility index (Phi) is 3.40. The van der Waals surface area contributed by atoms with Gasteiger partial charge in [0.25, 0.3) is 0 Å². The van der Waals surface area contributed by atoms with Gasteiger partial charge in [0.05, 0.1) is 13.2 Å². The SMILES string of the molecule is Clc1ccc(-n2cnc3c(N4CCOCC4)ncnc32)cc1. The number of morpholine rings is 1. The van der Waals surface area contributed by atoms with Crippen LogP contribution >= 0.6 is 11.6 Å². The molecule has 4 rings (SSSR count). The van der Waals surface area contributed by atoms with Crippen LogP contribution in [0.25, 0.3) is 16.9 Å². The lowest BCUT2D eigenvalue weighted by atomic mass is 10.3. The molecule has 3 aromatic rings. The van der Waals surface area contributed by atoms with Gasteiger partial charge >= 0.3 is 0 Å². The molecule has 3 heterocycles. The molecule has 2 aromatic heterocycles. The Morgan fingerprint density at radius 2 is 1.77 bits per heavy atom. The smallest absolute Gasteiger partial charge is 0.170 e. The zero-order valence-electron chi connectivity index (χ0n) is 11.8. The number of halogens is 1. The van der Waals surface area contributed by atoms with Crippen LogP contribution in [-0.4, -0.2) is 45.8 Å². The number of benzene rings is 1. The minimum Gasteiger partial charge on any atom is -0.378 e.